The highest BCUT2D eigenvalue weighted by molar-refractivity contribution is 5.99. The van der Waals surface area contributed by atoms with Crippen molar-refractivity contribution in [2.45, 2.75) is 45.1 Å². The summed E-state index contributed by atoms with van der Waals surface area (Å²) in [6.45, 7) is 4.15. The number of piperidine rings is 1. The van der Waals surface area contributed by atoms with Crippen LogP contribution in [0.15, 0.2) is 0 Å². The van der Waals surface area contributed by atoms with Gasteiger partial charge < -0.3 is 11.1 Å². The van der Waals surface area contributed by atoms with E-state index in [1.54, 1.807) is 13.8 Å². The number of carbonyl (C=O) groups excluding carboxylic acids is 2. The minimum absolute atomic E-state index is 0.0108. The molecule has 0 aromatic rings. The van der Waals surface area contributed by atoms with Crippen LogP contribution in [0, 0.1) is 5.92 Å². The molecule has 1 aliphatic rings. The van der Waals surface area contributed by atoms with Crippen molar-refractivity contribution in [3.05, 3.63) is 0 Å². The van der Waals surface area contributed by atoms with Crippen molar-refractivity contribution in [3.8, 4) is 0 Å². The molecule has 1 saturated heterocycles. The SMILES string of the molecule is CC1(C)NC(=O)[C@H](CCCCN)CC1=O. The molecule has 4 nitrogen and oxygen atoms in total. The molecule has 1 fully saturated rings. The van der Waals surface area contributed by atoms with Crippen molar-refractivity contribution >= 4 is 11.7 Å². The van der Waals surface area contributed by atoms with Crippen LogP contribution >= 0.6 is 0 Å². The maximum Gasteiger partial charge on any atom is 0.224 e. The van der Waals surface area contributed by atoms with Crippen molar-refractivity contribution in [1.29, 1.82) is 0 Å². The van der Waals surface area contributed by atoms with Gasteiger partial charge in [0.25, 0.3) is 0 Å². The fraction of sp³-hybridized carbons (Fsp3) is 0.818. The average Bonchev–Trinajstić information content (AvgIpc) is 2.13. The van der Waals surface area contributed by atoms with Crippen LogP contribution in [0.1, 0.15) is 39.5 Å². The van der Waals surface area contributed by atoms with Crippen molar-refractivity contribution in [2.75, 3.05) is 6.54 Å². The highest BCUT2D eigenvalue weighted by Gasteiger charge is 2.38. The van der Waals surface area contributed by atoms with E-state index in [-0.39, 0.29) is 17.6 Å². The number of hydrogen-bond donors (Lipinski definition) is 2. The fourth-order valence-corrected chi connectivity index (χ4v) is 1.82. The number of Topliss-reactive ketones (excluding diaryl/α,β-unsaturated/α-hetero) is 1. The molecule has 0 aromatic heterocycles. The summed E-state index contributed by atoms with van der Waals surface area (Å²) < 4.78 is 0. The van der Waals surface area contributed by atoms with E-state index >= 15 is 0 Å². The van der Waals surface area contributed by atoms with Crippen LogP contribution in [0.3, 0.4) is 0 Å². The second kappa shape index (κ2) is 4.75. The number of rotatable bonds is 4. The van der Waals surface area contributed by atoms with E-state index in [1.807, 2.05) is 0 Å². The molecule has 0 spiro atoms. The first-order valence-electron chi connectivity index (χ1n) is 5.53. The van der Waals surface area contributed by atoms with Gasteiger partial charge in [0.15, 0.2) is 5.78 Å². The van der Waals surface area contributed by atoms with E-state index < -0.39 is 5.54 Å². The van der Waals surface area contributed by atoms with Gasteiger partial charge in [-0.3, -0.25) is 9.59 Å². The highest BCUT2D eigenvalue weighted by Crippen LogP contribution is 2.23. The molecule has 4 heteroatoms. The van der Waals surface area contributed by atoms with Gasteiger partial charge in [-0.1, -0.05) is 6.42 Å². The van der Waals surface area contributed by atoms with Crippen molar-refractivity contribution in [1.82, 2.24) is 5.32 Å². The van der Waals surface area contributed by atoms with Gasteiger partial charge in [-0.25, -0.2) is 0 Å². The quantitative estimate of drug-likeness (QED) is 0.670. The predicted molar refractivity (Wildman–Crippen MR) is 58.2 cm³/mol. The number of carbonyl (C=O) groups is 2. The average molecular weight is 212 g/mol. The first-order chi connectivity index (χ1) is 6.97. The van der Waals surface area contributed by atoms with Crippen LogP contribution in [-0.2, 0) is 9.59 Å². The van der Waals surface area contributed by atoms with Gasteiger partial charge >= 0.3 is 0 Å². The predicted octanol–water partition coefficient (Wildman–Crippen LogP) is 0.599. The zero-order valence-corrected chi connectivity index (χ0v) is 9.51. The Hall–Kier alpha value is -0.900. The largest absolute Gasteiger partial charge is 0.344 e. The molecule has 1 rings (SSSR count). The number of nitrogens with one attached hydrogen (secondary N) is 1. The van der Waals surface area contributed by atoms with Crippen LogP contribution in [0.4, 0.5) is 0 Å². The molecule has 0 bridgehead atoms. The third-order valence-electron chi connectivity index (χ3n) is 2.94. The van der Waals surface area contributed by atoms with E-state index in [9.17, 15) is 9.59 Å². The van der Waals surface area contributed by atoms with Crippen LogP contribution in [0.5, 0.6) is 0 Å². The van der Waals surface area contributed by atoms with Crippen LogP contribution in [0.2, 0.25) is 0 Å². The van der Waals surface area contributed by atoms with Gasteiger partial charge in [-0.05, 0) is 33.2 Å². The van der Waals surface area contributed by atoms with Gasteiger partial charge in [0.1, 0.15) is 0 Å². The summed E-state index contributed by atoms with van der Waals surface area (Å²) in [6.07, 6.45) is 2.98. The second-order valence-corrected chi connectivity index (χ2v) is 4.72. The topological polar surface area (TPSA) is 72.2 Å². The Balaban J connectivity index is 2.48. The summed E-state index contributed by atoms with van der Waals surface area (Å²) in [5, 5.41) is 2.76. The molecule has 0 aliphatic carbocycles. The Morgan fingerprint density at radius 3 is 2.67 bits per heavy atom. The third kappa shape index (κ3) is 3.02. The standard InChI is InChI=1S/C11H20N2O2/c1-11(2)9(14)7-8(10(15)13-11)5-3-4-6-12/h8H,3-7,12H2,1-2H3,(H,13,15)/t8-/m1/s1. The number of nitrogens with two attached hydrogens (primary N) is 1. The van der Waals surface area contributed by atoms with Gasteiger partial charge in [0.05, 0.1) is 5.54 Å². The zero-order chi connectivity index (χ0) is 11.5. The molecule has 0 unspecified atom stereocenters. The lowest BCUT2D eigenvalue weighted by Gasteiger charge is -2.33. The van der Waals surface area contributed by atoms with E-state index in [2.05, 4.69) is 5.32 Å². The normalized spacial score (nSPS) is 25.1. The summed E-state index contributed by atoms with van der Waals surface area (Å²) in [4.78, 5) is 23.3. The molecule has 3 N–H and O–H groups in total. The number of amides is 1. The van der Waals surface area contributed by atoms with Crippen LogP contribution in [0.25, 0.3) is 0 Å². The Labute approximate surface area is 90.6 Å². The number of unbranched alkanes of at least 4 members (excludes halogenated alkanes) is 1. The summed E-state index contributed by atoms with van der Waals surface area (Å²) in [7, 11) is 0. The summed E-state index contributed by atoms with van der Waals surface area (Å²) in [5.41, 5.74) is 4.70. The zero-order valence-electron chi connectivity index (χ0n) is 9.51. The van der Waals surface area contributed by atoms with Crippen molar-refractivity contribution < 1.29 is 9.59 Å². The number of ketones is 1. The lowest BCUT2D eigenvalue weighted by molar-refractivity contribution is -0.140. The first-order valence-corrected chi connectivity index (χ1v) is 5.53. The Morgan fingerprint density at radius 1 is 1.40 bits per heavy atom. The molecule has 1 atom stereocenters. The summed E-state index contributed by atoms with van der Waals surface area (Å²) in [5.74, 6) is -0.00598. The fourth-order valence-electron chi connectivity index (χ4n) is 1.82. The van der Waals surface area contributed by atoms with Gasteiger partial charge in [0, 0.05) is 12.3 Å². The van der Waals surface area contributed by atoms with E-state index in [4.69, 9.17) is 5.73 Å². The summed E-state index contributed by atoms with van der Waals surface area (Å²) >= 11 is 0. The lowest BCUT2D eigenvalue weighted by Crippen LogP contribution is -2.56. The van der Waals surface area contributed by atoms with Gasteiger partial charge in [0.2, 0.25) is 5.91 Å². The molecular formula is C11H20N2O2. The second-order valence-electron chi connectivity index (χ2n) is 4.72. The molecule has 0 aromatic carbocycles. The third-order valence-corrected chi connectivity index (χ3v) is 2.94. The Morgan fingerprint density at radius 2 is 2.07 bits per heavy atom. The van der Waals surface area contributed by atoms with Crippen LogP contribution in [-0.4, -0.2) is 23.8 Å². The Bertz CT molecular complexity index is 261. The molecule has 86 valence electrons. The number of hydrogen-bond acceptors (Lipinski definition) is 3. The molecular weight excluding hydrogens is 192 g/mol. The molecule has 15 heavy (non-hydrogen) atoms. The van der Waals surface area contributed by atoms with Gasteiger partial charge in [-0.2, -0.15) is 0 Å². The van der Waals surface area contributed by atoms with E-state index in [0.29, 0.717) is 13.0 Å². The van der Waals surface area contributed by atoms with E-state index in [0.717, 1.165) is 19.3 Å². The van der Waals surface area contributed by atoms with Crippen LogP contribution < -0.4 is 11.1 Å². The highest BCUT2D eigenvalue weighted by atomic mass is 16.2. The maximum atomic E-state index is 11.7. The van der Waals surface area contributed by atoms with E-state index in [1.165, 1.54) is 0 Å². The molecule has 1 aliphatic heterocycles. The monoisotopic (exact) mass is 212 g/mol. The summed E-state index contributed by atoms with van der Waals surface area (Å²) in [6, 6.07) is 0. The maximum absolute atomic E-state index is 11.7. The molecule has 1 heterocycles. The Kier molecular flexibility index (Phi) is 3.85. The van der Waals surface area contributed by atoms with Gasteiger partial charge in [-0.15, -0.1) is 0 Å². The first kappa shape index (κ1) is 12.2. The van der Waals surface area contributed by atoms with Crippen molar-refractivity contribution in [3.63, 3.8) is 0 Å². The van der Waals surface area contributed by atoms with Crippen molar-refractivity contribution in [2.24, 2.45) is 11.7 Å². The minimum Gasteiger partial charge on any atom is -0.344 e. The smallest absolute Gasteiger partial charge is 0.224 e. The molecule has 0 radical (unpaired) electrons. The molecule has 1 amide bonds. The molecule has 0 saturated carbocycles. The lowest BCUT2D eigenvalue weighted by atomic mass is 9.83. The minimum atomic E-state index is -0.679.